The van der Waals surface area contributed by atoms with Crippen LogP contribution < -0.4 is 11.5 Å². The number of aromatic nitrogens is 1. The van der Waals surface area contributed by atoms with E-state index in [1.54, 1.807) is 24.1 Å². The molecule has 4 rings (SSSR count). The number of nitrogens with two attached hydrogens (primary N) is 2. The molecule has 3 aromatic rings. The van der Waals surface area contributed by atoms with Gasteiger partial charge in [-0.1, -0.05) is 18.2 Å². The predicted molar refractivity (Wildman–Crippen MR) is 104 cm³/mol. The maximum Gasteiger partial charge on any atom is 0.417 e. The van der Waals surface area contributed by atoms with Gasteiger partial charge in [-0.25, -0.2) is 4.99 Å². The Bertz CT molecular complexity index is 1100. The molecule has 146 valence electrons. The number of guanidine groups is 1. The van der Waals surface area contributed by atoms with E-state index in [0.717, 1.165) is 17.0 Å². The van der Waals surface area contributed by atoms with Crippen molar-refractivity contribution in [1.29, 1.82) is 0 Å². The highest BCUT2D eigenvalue weighted by molar-refractivity contribution is 6.02. The Labute approximate surface area is 160 Å². The van der Waals surface area contributed by atoms with E-state index in [1.165, 1.54) is 12.1 Å². The van der Waals surface area contributed by atoms with Gasteiger partial charge >= 0.3 is 6.18 Å². The van der Waals surface area contributed by atoms with Crippen LogP contribution in [0.2, 0.25) is 0 Å². The average Bonchev–Trinajstić information content (AvgIpc) is 3.02. The Morgan fingerprint density at radius 3 is 2.54 bits per heavy atom. The minimum atomic E-state index is -4.47. The minimum Gasteiger partial charge on any atom is -0.369 e. The van der Waals surface area contributed by atoms with Crippen LogP contribution in [0.4, 0.5) is 18.9 Å². The largest absolute Gasteiger partial charge is 0.417 e. The molecule has 1 atom stereocenters. The molecule has 0 radical (unpaired) electrons. The number of alkyl halides is 3. The van der Waals surface area contributed by atoms with E-state index in [4.69, 9.17) is 11.5 Å². The lowest BCUT2D eigenvalue weighted by molar-refractivity contribution is -0.137. The van der Waals surface area contributed by atoms with Crippen LogP contribution in [0.5, 0.6) is 0 Å². The quantitative estimate of drug-likeness (QED) is 0.695. The number of fused-ring (bicyclic) bond motifs is 3. The molecule has 0 saturated heterocycles. The van der Waals surface area contributed by atoms with Crippen molar-refractivity contribution in [2.24, 2.45) is 23.5 Å². The number of halogens is 3. The Kier molecular flexibility index (Phi) is 4.11. The molecule has 1 aliphatic heterocycles. The molecule has 8 heteroatoms. The number of hydrogen-bond acceptors (Lipinski definition) is 4. The molecule has 0 spiro atoms. The first-order valence-corrected chi connectivity index (χ1v) is 8.89. The molecule has 1 aliphatic rings. The number of aryl methyl sites for hydroxylation is 1. The van der Waals surface area contributed by atoms with Crippen molar-refractivity contribution in [3.8, 4) is 11.1 Å². The van der Waals surface area contributed by atoms with Crippen molar-refractivity contribution in [2.75, 3.05) is 6.54 Å². The van der Waals surface area contributed by atoms with E-state index in [9.17, 15) is 13.2 Å². The molecular weight excluding hydrogens is 367 g/mol. The van der Waals surface area contributed by atoms with Crippen LogP contribution in [0.1, 0.15) is 24.2 Å². The standard InChI is InChI=1S/C20H20F3N5/c1-3-28-18(24)16-12-8-9-27(2)17(12)13(10-15(16)26-19(28)25)11-6-4-5-7-14(11)20(21,22)23/h4-10,18H,3,24H2,1-2H3,(H2,25,26). The van der Waals surface area contributed by atoms with Gasteiger partial charge in [0.15, 0.2) is 5.96 Å². The molecule has 0 bridgehead atoms. The number of aliphatic imine (C=N–C) groups is 1. The summed E-state index contributed by atoms with van der Waals surface area (Å²) in [7, 11) is 1.80. The predicted octanol–water partition coefficient (Wildman–Crippen LogP) is 4.10. The van der Waals surface area contributed by atoms with E-state index in [-0.39, 0.29) is 11.5 Å². The summed E-state index contributed by atoms with van der Waals surface area (Å²) in [4.78, 5) is 6.20. The van der Waals surface area contributed by atoms with Crippen LogP contribution in [0.15, 0.2) is 47.6 Å². The summed E-state index contributed by atoms with van der Waals surface area (Å²) in [5.41, 5.74) is 14.3. The third kappa shape index (κ3) is 2.63. The zero-order chi connectivity index (χ0) is 20.2. The zero-order valence-electron chi connectivity index (χ0n) is 15.5. The van der Waals surface area contributed by atoms with Crippen molar-refractivity contribution in [3.63, 3.8) is 0 Å². The van der Waals surface area contributed by atoms with Gasteiger partial charge in [0.2, 0.25) is 0 Å². The van der Waals surface area contributed by atoms with Crippen molar-refractivity contribution >= 4 is 22.5 Å². The molecule has 1 aromatic heterocycles. The van der Waals surface area contributed by atoms with Crippen molar-refractivity contribution in [2.45, 2.75) is 19.3 Å². The molecule has 1 unspecified atom stereocenters. The smallest absolute Gasteiger partial charge is 0.369 e. The molecule has 5 nitrogen and oxygen atoms in total. The molecule has 0 fully saturated rings. The van der Waals surface area contributed by atoms with Gasteiger partial charge in [0.1, 0.15) is 6.17 Å². The van der Waals surface area contributed by atoms with Crippen LogP contribution >= 0.6 is 0 Å². The first-order chi connectivity index (χ1) is 13.2. The number of rotatable bonds is 2. The fourth-order valence-electron chi connectivity index (χ4n) is 3.92. The molecule has 0 aliphatic carbocycles. The van der Waals surface area contributed by atoms with E-state index in [2.05, 4.69) is 4.99 Å². The van der Waals surface area contributed by atoms with E-state index < -0.39 is 17.9 Å². The fraction of sp³-hybridized carbons (Fsp3) is 0.250. The van der Waals surface area contributed by atoms with Gasteiger partial charge in [0, 0.05) is 36.3 Å². The molecule has 0 saturated carbocycles. The van der Waals surface area contributed by atoms with Crippen molar-refractivity contribution in [1.82, 2.24) is 9.47 Å². The topological polar surface area (TPSA) is 72.6 Å². The van der Waals surface area contributed by atoms with Crippen LogP contribution in [0, 0.1) is 0 Å². The highest BCUT2D eigenvalue weighted by Crippen LogP contribution is 2.45. The van der Waals surface area contributed by atoms with Gasteiger partial charge in [0.25, 0.3) is 0 Å². The Hall–Kier alpha value is -3.00. The Balaban J connectivity index is 2.09. The average molecular weight is 387 g/mol. The van der Waals surface area contributed by atoms with Gasteiger partial charge in [-0.05, 0) is 30.7 Å². The fourth-order valence-corrected chi connectivity index (χ4v) is 3.92. The second kappa shape index (κ2) is 6.27. The van der Waals surface area contributed by atoms with Crippen LogP contribution in [-0.2, 0) is 13.2 Å². The van der Waals surface area contributed by atoms with E-state index in [0.29, 0.717) is 23.3 Å². The van der Waals surface area contributed by atoms with E-state index in [1.807, 2.05) is 23.8 Å². The van der Waals surface area contributed by atoms with Crippen LogP contribution in [-0.4, -0.2) is 22.0 Å². The normalized spacial score (nSPS) is 17.0. The first kappa shape index (κ1) is 18.4. The molecule has 2 heterocycles. The Morgan fingerprint density at radius 1 is 1.14 bits per heavy atom. The lowest BCUT2D eigenvalue weighted by atomic mass is 9.93. The molecule has 28 heavy (non-hydrogen) atoms. The molecule has 0 amide bonds. The lowest BCUT2D eigenvalue weighted by Crippen LogP contribution is -2.45. The maximum atomic E-state index is 13.6. The summed E-state index contributed by atoms with van der Waals surface area (Å²) in [6.07, 6.45) is -3.17. The summed E-state index contributed by atoms with van der Waals surface area (Å²) in [6.45, 7) is 2.49. The van der Waals surface area contributed by atoms with Gasteiger partial charge in [-0.15, -0.1) is 0 Å². The summed E-state index contributed by atoms with van der Waals surface area (Å²) in [6, 6.07) is 9.07. The Morgan fingerprint density at radius 2 is 1.86 bits per heavy atom. The number of hydrogen-bond donors (Lipinski definition) is 2. The summed E-state index contributed by atoms with van der Waals surface area (Å²) < 4.78 is 42.7. The summed E-state index contributed by atoms with van der Waals surface area (Å²) in [5.74, 6) is 0.257. The number of nitrogens with zero attached hydrogens (tertiary/aromatic N) is 3. The summed E-state index contributed by atoms with van der Waals surface area (Å²) >= 11 is 0. The van der Waals surface area contributed by atoms with Crippen LogP contribution in [0.25, 0.3) is 22.0 Å². The van der Waals surface area contributed by atoms with Gasteiger partial charge in [-0.3, -0.25) is 0 Å². The van der Waals surface area contributed by atoms with Crippen molar-refractivity contribution < 1.29 is 13.2 Å². The second-order valence-electron chi connectivity index (χ2n) is 6.79. The maximum absolute atomic E-state index is 13.6. The lowest BCUT2D eigenvalue weighted by Gasteiger charge is -2.34. The monoisotopic (exact) mass is 387 g/mol. The molecule has 2 aromatic carbocycles. The van der Waals surface area contributed by atoms with Gasteiger partial charge < -0.3 is 20.9 Å². The second-order valence-corrected chi connectivity index (χ2v) is 6.79. The minimum absolute atomic E-state index is 0.102. The van der Waals surface area contributed by atoms with Crippen molar-refractivity contribution in [3.05, 3.63) is 53.7 Å². The third-order valence-electron chi connectivity index (χ3n) is 5.20. The van der Waals surface area contributed by atoms with Crippen LogP contribution in [0.3, 0.4) is 0 Å². The van der Waals surface area contributed by atoms with E-state index >= 15 is 0 Å². The van der Waals surface area contributed by atoms with Gasteiger partial charge in [0.05, 0.1) is 16.8 Å². The zero-order valence-corrected chi connectivity index (χ0v) is 15.5. The number of benzene rings is 2. The highest BCUT2D eigenvalue weighted by Gasteiger charge is 2.35. The molecule has 4 N–H and O–H groups in total. The SMILES string of the molecule is CCN1C(N)=Nc2cc(-c3ccccc3C(F)(F)F)c3c(ccn3C)c2C1N. The van der Waals surface area contributed by atoms with Gasteiger partial charge in [-0.2, -0.15) is 13.2 Å². The summed E-state index contributed by atoms with van der Waals surface area (Å²) in [5, 5.41) is 0.772. The third-order valence-corrected chi connectivity index (χ3v) is 5.20. The highest BCUT2D eigenvalue weighted by atomic mass is 19.4. The molecular formula is C20H20F3N5. The first-order valence-electron chi connectivity index (χ1n) is 8.89.